The van der Waals surface area contributed by atoms with Crippen molar-refractivity contribution in [1.82, 2.24) is 15.1 Å². The van der Waals surface area contributed by atoms with Gasteiger partial charge in [0.05, 0.1) is 21.1 Å². The fraction of sp³-hybridized carbons (Fsp3) is 0.786. The Hall–Kier alpha value is -0.400. The van der Waals surface area contributed by atoms with E-state index in [-0.39, 0.29) is 6.04 Å². The van der Waals surface area contributed by atoms with Crippen LogP contribution in [0.25, 0.3) is 0 Å². The number of rotatable bonds is 8. The van der Waals surface area contributed by atoms with Crippen LogP contribution < -0.4 is 5.32 Å². The van der Waals surface area contributed by atoms with E-state index in [0.717, 1.165) is 35.2 Å². The third-order valence-corrected chi connectivity index (χ3v) is 6.41. The van der Waals surface area contributed by atoms with E-state index in [1.54, 1.807) is 6.92 Å². The lowest BCUT2D eigenvalue weighted by Crippen LogP contribution is -2.44. The van der Waals surface area contributed by atoms with Gasteiger partial charge in [0.1, 0.15) is 0 Å². The fourth-order valence-electron chi connectivity index (χ4n) is 2.28. The average Bonchev–Trinajstić information content (AvgIpc) is 2.68. The molecule has 0 spiro atoms. The van der Waals surface area contributed by atoms with Gasteiger partial charge in [0, 0.05) is 25.8 Å². The minimum Gasteiger partial charge on any atom is -0.312 e. The van der Waals surface area contributed by atoms with Crippen molar-refractivity contribution in [3.8, 4) is 0 Å². The van der Waals surface area contributed by atoms with E-state index in [0.29, 0.717) is 6.42 Å². The molecule has 21 heavy (non-hydrogen) atoms. The number of aryl methyl sites for hydroxylation is 2. The first-order valence-electron chi connectivity index (χ1n) is 7.34. The first-order chi connectivity index (χ1) is 9.72. The van der Waals surface area contributed by atoms with E-state index in [1.165, 1.54) is 6.26 Å². The molecule has 0 saturated carbocycles. The van der Waals surface area contributed by atoms with Crippen LogP contribution in [0.15, 0.2) is 4.47 Å². The van der Waals surface area contributed by atoms with Gasteiger partial charge >= 0.3 is 0 Å². The molecule has 0 saturated heterocycles. The molecular weight excluding hydrogens is 354 g/mol. The van der Waals surface area contributed by atoms with Crippen molar-refractivity contribution in [2.45, 2.75) is 51.3 Å². The van der Waals surface area contributed by atoms with Crippen LogP contribution in [0, 0.1) is 0 Å². The summed E-state index contributed by atoms with van der Waals surface area (Å²) in [4.78, 5) is 0. The molecule has 0 fully saturated rings. The summed E-state index contributed by atoms with van der Waals surface area (Å²) in [6.45, 7) is 6.71. The summed E-state index contributed by atoms with van der Waals surface area (Å²) in [7, 11) is -1.18. The van der Waals surface area contributed by atoms with Crippen LogP contribution in [0.5, 0.6) is 0 Å². The van der Waals surface area contributed by atoms with E-state index < -0.39 is 15.1 Å². The van der Waals surface area contributed by atoms with Crippen LogP contribution in [0.4, 0.5) is 0 Å². The Morgan fingerprint density at radius 1 is 1.38 bits per heavy atom. The number of hydrogen-bond donors (Lipinski definition) is 1. The molecule has 2 unspecified atom stereocenters. The van der Waals surface area contributed by atoms with Crippen molar-refractivity contribution in [3.05, 3.63) is 15.9 Å². The van der Waals surface area contributed by atoms with Crippen LogP contribution in [0.3, 0.4) is 0 Å². The molecule has 0 radical (unpaired) electrons. The molecule has 5 nitrogen and oxygen atoms in total. The van der Waals surface area contributed by atoms with Crippen molar-refractivity contribution >= 4 is 25.8 Å². The Kier molecular flexibility index (Phi) is 6.87. The van der Waals surface area contributed by atoms with Crippen molar-refractivity contribution in [1.29, 1.82) is 0 Å². The zero-order chi connectivity index (χ0) is 16.2. The smallest absolute Gasteiger partial charge is 0.151 e. The monoisotopic (exact) mass is 379 g/mol. The lowest BCUT2D eigenvalue weighted by Gasteiger charge is -2.24. The van der Waals surface area contributed by atoms with E-state index in [2.05, 4.69) is 40.2 Å². The summed E-state index contributed by atoms with van der Waals surface area (Å²) in [5.41, 5.74) is 2.05. The number of sulfone groups is 1. The molecule has 1 aromatic heterocycles. The second-order valence-corrected chi connectivity index (χ2v) is 8.68. The Labute approximate surface area is 136 Å². The predicted molar refractivity (Wildman–Crippen MR) is 90.4 cm³/mol. The van der Waals surface area contributed by atoms with Gasteiger partial charge in [0.2, 0.25) is 0 Å². The minimum atomic E-state index is -3.08. The molecule has 7 heteroatoms. The second kappa shape index (κ2) is 7.74. The zero-order valence-corrected chi connectivity index (χ0v) is 15.9. The summed E-state index contributed by atoms with van der Waals surface area (Å²) >= 11 is 3.60. The van der Waals surface area contributed by atoms with Gasteiger partial charge in [-0.1, -0.05) is 13.8 Å². The molecule has 122 valence electrons. The summed E-state index contributed by atoms with van der Waals surface area (Å²) in [5, 5.41) is 7.41. The van der Waals surface area contributed by atoms with Gasteiger partial charge in [0.25, 0.3) is 0 Å². The normalized spacial score (nSPS) is 15.1. The largest absolute Gasteiger partial charge is 0.312 e. The molecule has 1 N–H and O–H groups in total. The Balaban J connectivity index is 3.04. The maximum atomic E-state index is 11.9. The average molecular weight is 380 g/mol. The molecule has 1 heterocycles. The third kappa shape index (κ3) is 4.79. The van der Waals surface area contributed by atoms with Crippen molar-refractivity contribution in [2.75, 3.05) is 12.8 Å². The summed E-state index contributed by atoms with van der Waals surface area (Å²) in [6.07, 6.45) is 3.76. The molecule has 0 aliphatic heterocycles. The number of nitrogens with one attached hydrogen (secondary N) is 1. The number of halogens is 1. The Morgan fingerprint density at radius 3 is 2.43 bits per heavy atom. The number of hydrogen-bond acceptors (Lipinski definition) is 4. The number of nitrogens with zero attached hydrogens (tertiary/aromatic N) is 2. The quantitative estimate of drug-likeness (QED) is 0.750. The zero-order valence-electron chi connectivity index (χ0n) is 13.5. The van der Waals surface area contributed by atoms with E-state index in [9.17, 15) is 8.42 Å². The molecule has 0 amide bonds. The highest BCUT2D eigenvalue weighted by Crippen LogP contribution is 2.24. The minimum absolute atomic E-state index is 0.114. The molecular formula is C14H26BrN3O2S. The highest BCUT2D eigenvalue weighted by Gasteiger charge is 2.28. The standard InChI is InChI=1S/C14H26BrN3O2S/c1-6-8-16-12(10(3)21(5,19)20)9-13-14(15)11(7-2)17-18(13)4/h10,12,16H,6-9H2,1-5H3. The molecule has 0 aliphatic rings. The van der Waals surface area contributed by atoms with Gasteiger partial charge < -0.3 is 5.32 Å². The predicted octanol–water partition coefficient (Wildman–Crippen LogP) is 2.09. The van der Waals surface area contributed by atoms with E-state index in [4.69, 9.17) is 0 Å². The highest BCUT2D eigenvalue weighted by molar-refractivity contribution is 9.10. The lowest BCUT2D eigenvalue weighted by atomic mass is 10.1. The summed E-state index contributed by atoms with van der Waals surface area (Å²) < 4.78 is 26.6. The van der Waals surface area contributed by atoms with Crippen molar-refractivity contribution < 1.29 is 8.42 Å². The number of aromatic nitrogens is 2. The van der Waals surface area contributed by atoms with Crippen LogP contribution >= 0.6 is 15.9 Å². The van der Waals surface area contributed by atoms with Crippen LogP contribution in [0.1, 0.15) is 38.6 Å². The maximum Gasteiger partial charge on any atom is 0.151 e. The van der Waals surface area contributed by atoms with Crippen LogP contribution in [-0.2, 0) is 29.7 Å². The SMILES string of the molecule is CCCNC(Cc1c(Br)c(CC)nn1C)C(C)S(C)(=O)=O. The Bertz CT molecular complexity index is 569. The van der Waals surface area contributed by atoms with Gasteiger partial charge in [-0.25, -0.2) is 8.42 Å². The van der Waals surface area contributed by atoms with Crippen molar-refractivity contribution in [3.63, 3.8) is 0 Å². The first kappa shape index (κ1) is 18.6. The molecule has 1 aromatic rings. The van der Waals surface area contributed by atoms with Gasteiger partial charge in [-0.05, 0) is 42.2 Å². The molecule has 0 aromatic carbocycles. The lowest BCUT2D eigenvalue weighted by molar-refractivity contribution is 0.470. The van der Waals surface area contributed by atoms with Crippen LogP contribution in [-0.4, -0.2) is 42.3 Å². The maximum absolute atomic E-state index is 11.9. The van der Waals surface area contributed by atoms with Gasteiger partial charge in [0.15, 0.2) is 9.84 Å². The fourth-order valence-corrected chi connectivity index (χ4v) is 3.85. The third-order valence-electron chi connectivity index (χ3n) is 3.81. The Morgan fingerprint density at radius 2 is 2.00 bits per heavy atom. The van der Waals surface area contributed by atoms with Gasteiger partial charge in [-0.3, -0.25) is 4.68 Å². The van der Waals surface area contributed by atoms with Crippen LogP contribution in [0.2, 0.25) is 0 Å². The van der Waals surface area contributed by atoms with Gasteiger partial charge in [-0.2, -0.15) is 5.10 Å². The molecule has 0 aliphatic carbocycles. The molecule has 2 atom stereocenters. The van der Waals surface area contributed by atoms with E-state index in [1.807, 2.05) is 11.7 Å². The molecule has 0 bridgehead atoms. The van der Waals surface area contributed by atoms with E-state index >= 15 is 0 Å². The van der Waals surface area contributed by atoms with Crippen molar-refractivity contribution in [2.24, 2.45) is 7.05 Å². The highest BCUT2D eigenvalue weighted by atomic mass is 79.9. The topological polar surface area (TPSA) is 64.0 Å². The second-order valence-electron chi connectivity index (χ2n) is 5.48. The summed E-state index contributed by atoms with van der Waals surface area (Å²) in [5.74, 6) is 0. The first-order valence-corrected chi connectivity index (χ1v) is 10.1. The molecule has 1 rings (SSSR count). The van der Waals surface area contributed by atoms with Gasteiger partial charge in [-0.15, -0.1) is 0 Å². The summed E-state index contributed by atoms with van der Waals surface area (Å²) in [6, 6.07) is -0.114.